The first-order chi connectivity index (χ1) is 15.0. The fraction of sp³-hybridized carbons (Fsp3) is 0.0455. The number of rotatable bonds is 6. The zero-order valence-electron chi connectivity index (χ0n) is 16.0. The summed E-state index contributed by atoms with van der Waals surface area (Å²) in [5, 5.41) is 11.4. The zero-order valence-corrected chi connectivity index (χ0v) is 18.4. The minimum atomic E-state index is -0.459. The number of nitro benzene ring substituents is 1. The number of aromatic nitrogens is 2. The van der Waals surface area contributed by atoms with Crippen LogP contribution in [-0.2, 0) is 11.3 Å². The Kier molecular flexibility index (Phi) is 6.15. The van der Waals surface area contributed by atoms with Crippen LogP contribution in [0.25, 0.3) is 16.3 Å². The second-order valence-corrected chi connectivity index (χ2v) is 8.50. The van der Waals surface area contributed by atoms with Crippen LogP contribution < -0.4 is 4.90 Å². The molecule has 31 heavy (non-hydrogen) atoms. The Bertz CT molecular complexity index is 1270. The molecule has 2 aromatic heterocycles. The van der Waals surface area contributed by atoms with Crippen LogP contribution in [-0.4, -0.2) is 20.8 Å². The van der Waals surface area contributed by atoms with Gasteiger partial charge in [0.05, 0.1) is 21.7 Å². The number of thiazole rings is 1. The van der Waals surface area contributed by atoms with Gasteiger partial charge in [-0.3, -0.25) is 24.8 Å². The maximum absolute atomic E-state index is 13.1. The largest absolute Gasteiger partial charge is 0.280 e. The number of non-ortho nitro benzene ring substituents is 1. The van der Waals surface area contributed by atoms with E-state index in [2.05, 4.69) is 25.9 Å². The predicted octanol–water partition coefficient (Wildman–Crippen LogP) is 5.61. The van der Waals surface area contributed by atoms with Gasteiger partial charge < -0.3 is 0 Å². The quantitative estimate of drug-likeness (QED) is 0.197. The lowest BCUT2D eigenvalue weighted by Gasteiger charge is -2.18. The summed E-state index contributed by atoms with van der Waals surface area (Å²) in [6, 6.07) is 15.5. The van der Waals surface area contributed by atoms with E-state index < -0.39 is 4.92 Å². The van der Waals surface area contributed by atoms with Gasteiger partial charge in [0.1, 0.15) is 0 Å². The smallest absolute Gasteiger partial charge is 0.269 e. The van der Waals surface area contributed by atoms with E-state index in [4.69, 9.17) is 0 Å². The number of nitrogens with zero attached hydrogens (tertiary/aromatic N) is 4. The van der Waals surface area contributed by atoms with Crippen molar-refractivity contribution in [1.29, 1.82) is 0 Å². The fourth-order valence-electron chi connectivity index (χ4n) is 2.88. The molecule has 2 heterocycles. The molecule has 0 aliphatic heterocycles. The van der Waals surface area contributed by atoms with E-state index in [1.165, 1.54) is 29.5 Å². The molecule has 0 fully saturated rings. The molecule has 0 saturated carbocycles. The Labute approximate surface area is 190 Å². The summed E-state index contributed by atoms with van der Waals surface area (Å²) in [4.78, 5) is 33.8. The molecule has 4 rings (SSSR count). The Morgan fingerprint density at radius 1 is 1.19 bits per heavy atom. The SMILES string of the molecule is O=C(/C=C\c1ccc([N+](=O)[O-])cc1)N(Cc1cccnc1)c1nc2ccc(Br)cc2s1. The summed E-state index contributed by atoms with van der Waals surface area (Å²) >= 11 is 4.89. The van der Waals surface area contributed by atoms with Gasteiger partial charge in [-0.15, -0.1) is 0 Å². The van der Waals surface area contributed by atoms with E-state index in [9.17, 15) is 14.9 Å². The van der Waals surface area contributed by atoms with Gasteiger partial charge in [-0.2, -0.15) is 0 Å². The molecule has 0 atom stereocenters. The zero-order chi connectivity index (χ0) is 21.8. The minimum absolute atomic E-state index is 0.00215. The summed E-state index contributed by atoms with van der Waals surface area (Å²) in [5.41, 5.74) is 2.38. The summed E-state index contributed by atoms with van der Waals surface area (Å²) in [5.74, 6) is -0.250. The number of nitro groups is 1. The van der Waals surface area contributed by atoms with E-state index >= 15 is 0 Å². The van der Waals surface area contributed by atoms with Crippen LogP contribution >= 0.6 is 27.3 Å². The van der Waals surface area contributed by atoms with E-state index in [-0.39, 0.29) is 11.6 Å². The van der Waals surface area contributed by atoms with Gasteiger partial charge >= 0.3 is 0 Å². The normalized spacial score (nSPS) is 11.1. The van der Waals surface area contributed by atoms with Crippen LogP contribution in [0, 0.1) is 10.1 Å². The molecule has 0 saturated heterocycles. The standard InChI is InChI=1S/C22H15BrN4O3S/c23-17-6-9-19-20(12-17)31-22(25-19)26(14-16-2-1-11-24-13-16)21(28)10-5-15-3-7-18(8-4-15)27(29)30/h1-13H,14H2/b10-5-. The molecule has 0 N–H and O–H groups in total. The molecule has 154 valence electrons. The van der Waals surface area contributed by atoms with Crippen LogP contribution in [0.1, 0.15) is 11.1 Å². The first-order valence-electron chi connectivity index (χ1n) is 9.18. The Balaban J connectivity index is 1.64. The van der Waals surface area contributed by atoms with Crippen molar-refractivity contribution in [3.63, 3.8) is 0 Å². The first-order valence-corrected chi connectivity index (χ1v) is 10.8. The highest BCUT2D eigenvalue weighted by atomic mass is 79.9. The lowest BCUT2D eigenvalue weighted by atomic mass is 10.2. The van der Waals surface area contributed by atoms with Gasteiger partial charge in [0.25, 0.3) is 11.6 Å². The van der Waals surface area contributed by atoms with Crippen LogP contribution in [0.15, 0.2) is 77.5 Å². The molecule has 0 aliphatic carbocycles. The van der Waals surface area contributed by atoms with Gasteiger partial charge in [0.15, 0.2) is 5.13 Å². The minimum Gasteiger partial charge on any atom is -0.280 e. The molecule has 1 amide bonds. The summed E-state index contributed by atoms with van der Waals surface area (Å²) in [6.07, 6.45) is 6.47. The third kappa shape index (κ3) is 5.01. The van der Waals surface area contributed by atoms with Gasteiger partial charge in [-0.25, -0.2) is 4.98 Å². The predicted molar refractivity (Wildman–Crippen MR) is 125 cm³/mol. The highest BCUT2D eigenvalue weighted by Gasteiger charge is 2.19. The Morgan fingerprint density at radius 2 is 2.00 bits per heavy atom. The maximum atomic E-state index is 13.1. The second-order valence-electron chi connectivity index (χ2n) is 6.58. The number of pyridine rings is 1. The number of anilines is 1. The summed E-state index contributed by atoms with van der Waals surface area (Å²) in [7, 11) is 0. The van der Waals surface area contributed by atoms with E-state index in [1.807, 2.05) is 30.3 Å². The molecule has 9 heteroatoms. The van der Waals surface area contributed by atoms with Crippen molar-refractivity contribution >= 4 is 60.3 Å². The second kappa shape index (κ2) is 9.15. The molecule has 0 spiro atoms. The number of amides is 1. The number of carbonyl (C=O) groups is 1. The van der Waals surface area contributed by atoms with Crippen LogP contribution in [0.3, 0.4) is 0 Å². The maximum Gasteiger partial charge on any atom is 0.269 e. The Morgan fingerprint density at radius 3 is 2.71 bits per heavy atom. The highest BCUT2D eigenvalue weighted by molar-refractivity contribution is 9.10. The van der Waals surface area contributed by atoms with Crippen molar-refractivity contribution in [2.45, 2.75) is 6.54 Å². The van der Waals surface area contributed by atoms with Crippen molar-refractivity contribution in [2.24, 2.45) is 0 Å². The number of carbonyl (C=O) groups excluding carboxylic acids is 1. The topological polar surface area (TPSA) is 89.2 Å². The van der Waals surface area contributed by atoms with Crippen molar-refractivity contribution in [3.05, 3.63) is 98.8 Å². The number of fused-ring (bicyclic) bond motifs is 1. The lowest BCUT2D eigenvalue weighted by molar-refractivity contribution is -0.384. The van der Waals surface area contributed by atoms with E-state index in [0.717, 1.165) is 20.3 Å². The highest BCUT2D eigenvalue weighted by Crippen LogP contribution is 2.32. The average molecular weight is 495 g/mol. The molecule has 0 bridgehead atoms. The van der Waals surface area contributed by atoms with E-state index in [1.54, 1.807) is 35.5 Å². The van der Waals surface area contributed by atoms with Crippen molar-refractivity contribution in [3.8, 4) is 0 Å². The van der Waals surface area contributed by atoms with Crippen molar-refractivity contribution < 1.29 is 9.72 Å². The van der Waals surface area contributed by atoms with Crippen molar-refractivity contribution in [2.75, 3.05) is 4.90 Å². The molecule has 4 aromatic rings. The van der Waals surface area contributed by atoms with Gasteiger partial charge in [-0.05, 0) is 53.6 Å². The van der Waals surface area contributed by atoms with Crippen LogP contribution in [0.4, 0.5) is 10.8 Å². The number of halogens is 1. The first kappa shape index (κ1) is 20.8. The molecule has 0 radical (unpaired) electrons. The number of benzene rings is 2. The molecule has 2 aromatic carbocycles. The Hall–Kier alpha value is -3.43. The molecule has 0 aliphatic rings. The van der Waals surface area contributed by atoms with Gasteiger partial charge in [0, 0.05) is 35.1 Å². The molecule has 7 nitrogen and oxygen atoms in total. The monoisotopic (exact) mass is 494 g/mol. The summed E-state index contributed by atoms with van der Waals surface area (Å²) < 4.78 is 1.91. The molecular weight excluding hydrogens is 480 g/mol. The third-order valence-electron chi connectivity index (χ3n) is 4.42. The summed E-state index contributed by atoms with van der Waals surface area (Å²) in [6.45, 7) is 0.318. The third-order valence-corrected chi connectivity index (χ3v) is 5.96. The average Bonchev–Trinajstić information content (AvgIpc) is 3.19. The van der Waals surface area contributed by atoms with E-state index in [0.29, 0.717) is 17.2 Å². The van der Waals surface area contributed by atoms with Crippen molar-refractivity contribution in [1.82, 2.24) is 9.97 Å². The fourth-order valence-corrected chi connectivity index (χ4v) is 4.40. The van der Waals surface area contributed by atoms with Crippen LogP contribution in [0.5, 0.6) is 0 Å². The number of hydrogen-bond acceptors (Lipinski definition) is 6. The number of hydrogen-bond donors (Lipinski definition) is 0. The lowest BCUT2D eigenvalue weighted by Crippen LogP contribution is -2.28. The molecular formula is C22H15BrN4O3S. The molecule has 0 unspecified atom stereocenters. The van der Waals surface area contributed by atoms with Gasteiger partial charge in [0.2, 0.25) is 0 Å². The van der Waals surface area contributed by atoms with Crippen LogP contribution in [0.2, 0.25) is 0 Å². The van der Waals surface area contributed by atoms with Gasteiger partial charge in [-0.1, -0.05) is 33.3 Å².